The minimum Gasteiger partial charge on any atom is -0.490 e. The molecule has 0 bridgehead atoms. The Morgan fingerprint density at radius 1 is 1.43 bits per heavy atom. The predicted molar refractivity (Wildman–Crippen MR) is 72.9 cm³/mol. The van der Waals surface area contributed by atoms with Crippen molar-refractivity contribution in [2.24, 2.45) is 0 Å². The van der Waals surface area contributed by atoms with Gasteiger partial charge in [0.25, 0.3) is 5.69 Å². The Hall–Kier alpha value is -2.64. The van der Waals surface area contributed by atoms with Gasteiger partial charge < -0.3 is 14.8 Å². The van der Waals surface area contributed by atoms with Crippen LogP contribution >= 0.6 is 0 Å². The summed E-state index contributed by atoms with van der Waals surface area (Å²) in [5, 5.41) is 13.1. The van der Waals surface area contributed by atoms with Crippen LogP contribution in [0.4, 0.5) is 5.69 Å². The average molecular weight is 296 g/mol. The summed E-state index contributed by atoms with van der Waals surface area (Å²) in [6.07, 6.45) is 0. The van der Waals surface area contributed by atoms with E-state index in [1.807, 2.05) is 0 Å². The van der Waals surface area contributed by atoms with Gasteiger partial charge in [0.15, 0.2) is 6.04 Å². The molecule has 1 unspecified atom stereocenters. The predicted octanol–water partition coefficient (Wildman–Crippen LogP) is 0.960. The summed E-state index contributed by atoms with van der Waals surface area (Å²) in [6.45, 7) is 2.79. The second kappa shape index (κ2) is 7.22. The Kier molecular flexibility index (Phi) is 5.65. The van der Waals surface area contributed by atoms with Crippen molar-refractivity contribution in [3.8, 4) is 5.75 Å². The van der Waals surface area contributed by atoms with E-state index in [0.717, 1.165) is 0 Å². The highest BCUT2D eigenvalue weighted by Gasteiger charge is 2.21. The van der Waals surface area contributed by atoms with Gasteiger partial charge in [0.2, 0.25) is 5.91 Å². The molecule has 0 heterocycles. The largest absolute Gasteiger partial charge is 0.490 e. The number of nitrogens with one attached hydrogen (secondary N) is 1. The molecule has 0 saturated heterocycles. The van der Waals surface area contributed by atoms with Crippen LogP contribution in [0.1, 0.15) is 12.5 Å². The molecule has 0 aliphatic heterocycles. The number of carbonyl (C=O) groups excluding carboxylic acids is 2. The van der Waals surface area contributed by atoms with Crippen LogP contribution in [0.25, 0.3) is 0 Å². The molecule has 8 nitrogen and oxygen atoms in total. The van der Waals surface area contributed by atoms with E-state index in [4.69, 9.17) is 4.74 Å². The highest BCUT2D eigenvalue weighted by molar-refractivity contribution is 5.83. The summed E-state index contributed by atoms with van der Waals surface area (Å²) >= 11 is 0. The lowest BCUT2D eigenvalue weighted by atomic mass is 10.2. The number of nitro benzene ring substituents is 1. The summed E-state index contributed by atoms with van der Waals surface area (Å²) in [4.78, 5) is 32.7. The van der Waals surface area contributed by atoms with Crippen molar-refractivity contribution >= 4 is 17.6 Å². The maximum Gasteiger partial charge on any atom is 0.331 e. The molecule has 0 aliphatic rings. The molecule has 0 saturated carbocycles. The normalized spacial score (nSPS) is 11.4. The van der Waals surface area contributed by atoms with Crippen molar-refractivity contribution in [1.29, 1.82) is 0 Å². The van der Waals surface area contributed by atoms with Crippen molar-refractivity contribution in [3.63, 3.8) is 0 Å². The van der Waals surface area contributed by atoms with Crippen LogP contribution in [0.5, 0.6) is 5.75 Å². The third kappa shape index (κ3) is 4.75. The Morgan fingerprint density at radius 3 is 2.62 bits per heavy atom. The van der Waals surface area contributed by atoms with E-state index in [1.54, 1.807) is 13.0 Å². The van der Waals surface area contributed by atoms with Crippen LogP contribution in [0.2, 0.25) is 0 Å². The van der Waals surface area contributed by atoms with Crippen LogP contribution < -0.4 is 10.1 Å². The summed E-state index contributed by atoms with van der Waals surface area (Å²) in [5.74, 6) is -0.804. The fourth-order valence-electron chi connectivity index (χ4n) is 1.59. The molecule has 1 amide bonds. The highest BCUT2D eigenvalue weighted by atomic mass is 16.6. The molecule has 21 heavy (non-hydrogen) atoms. The number of amides is 1. The van der Waals surface area contributed by atoms with Gasteiger partial charge in [-0.25, -0.2) is 4.79 Å². The monoisotopic (exact) mass is 296 g/mol. The number of nitrogens with zero attached hydrogens (tertiary/aromatic N) is 1. The topological polar surface area (TPSA) is 108 Å². The lowest BCUT2D eigenvalue weighted by molar-refractivity contribution is -0.384. The van der Waals surface area contributed by atoms with Gasteiger partial charge >= 0.3 is 5.97 Å². The van der Waals surface area contributed by atoms with E-state index in [2.05, 4.69) is 10.1 Å². The number of benzene rings is 1. The summed E-state index contributed by atoms with van der Waals surface area (Å²) in [5.41, 5.74) is 0.553. The van der Waals surface area contributed by atoms with Crippen LogP contribution in [0.3, 0.4) is 0 Å². The Morgan fingerprint density at radius 2 is 2.10 bits per heavy atom. The first kappa shape index (κ1) is 16.4. The van der Waals surface area contributed by atoms with Gasteiger partial charge in [-0.1, -0.05) is 0 Å². The van der Waals surface area contributed by atoms with Crippen LogP contribution in [-0.4, -0.2) is 36.6 Å². The molecule has 0 radical (unpaired) electrons. The number of carbonyl (C=O) groups is 2. The number of esters is 1. The van der Waals surface area contributed by atoms with E-state index in [0.29, 0.717) is 5.56 Å². The van der Waals surface area contributed by atoms with Crippen LogP contribution in [0, 0.1) is 17.0 Å². The highest BCUT2D eigenvalue weighted by Crippen LogP contribution is 2.24. The van der Waals surface area contributed by atoms with Gasteiger partial charge in [0, 0.05) is 13.0 Å². The molecule has 8 heteroatoms. The van der Waals surface area contributed by atoms with E-state index in [-0.39, 0.29) is 18.0 Å². The molecule has 1 aromatic carbocycles. The minimum atomic E-state index is -0.980. The summed E-state index contributed by atoms with van der Waals surface area (Å²) in [7, 11) is 1.19. The minimum absolute atomic E-state index is 0.121. The van der Waals surface area contributed by atoms with Gasteiger partial charge in [-0.2, -0.15) is 0 Å². The Bertz CT molecular complexity index is 558. The van der Waals surface area contributed by atoms with Gasteiger partial charge in [0.1, 0.15) is 12.4 Å². The Balaban J connectivity index is 2.84. The molecule has 0 aliphatic carbocycles. The van der Waals surface area contributed by atoms with E-state index in [1.165, 1.54) is 26.2 Å². The first-order chi connectivity index (χ1) is 9.85. The molecular weight excluding hydrogens is 280 g/mol. The van der Waals surface area contributed by atoms with Crippen molar-refractivity contribution in [2.75, 3.05) is 13.7 Å². The molecule has 1 aromatic rings. The fourth-order valence-corrected chi connectivity index (χ4v) is 1.59. The van der Waals surface area contributed by atoms with Gasteiger partial charge in [-0.15, -0.1) is 0 Å². The maximum atomic E-state index is 11.5. The number of rotatable bonds is 6. The molecule has 1 N–H and O–H groups in total. The number of methoxy groups -OCH3 is 1. The lowest BCUT2D eigenvalue weighted by Gasteiger charge is -2.17. The SMILES string of the molecule is COC(=O)C(COc1cc([N+](=O)[O-])ccc1C)NC(C)=O. The lowest BCUT2D eigenvalue weighted by Crippen LogP contribution is -2.44. The molecule has 1 rings (SSSR count). The molecule has 0 spiro atoms. The second-order valence-electron chi connectivity index (χ2n) is 4.29. The fraction of sp³-hybridized carbons (Fsp3) is 0.385. The third-order valence-corrected chi connectivity index (χ3v) is 2.65. The number of non-ortho nitro benzene ring substituents is 1. The first-order valence-corrected chi connectivity index (χ1v) is 6.08. The zero-order valence-electron chi connectivity index (χ0n) is 11.9. The Labute approximate surface area is 121 Å². The van der Waals surface area contributed by atoms with Crippen molar-refractivity contribution < 1.29 is 24.0 Å². The molecule has 0 fully saturated rings. The van der Waals surface area contributed by atoms with E-state index >= 15 is 0 Å². The van der Waals surface area contributed by atoms with Crippen LogP contribution in [-0.2, 0) is 14.3 Å². The summed E-state index contributed by atoms with van der Waals surface area (Å²) < 4.78 is 9.95. The van der Waals surface area contributed by atoms with Gasteiger partial charge in [-0.05, 0) is 18.6 Å². The zero-order valence-corrected chi connectivity index (χ0v) is 11.9. The van der Waals surface area contributed by atoms with Crippen molar-refractivity contribution in [3.05, 3.63) is 33.9 Å². The number of ether oxygens (including phenoxy) is 2. The average Bonchev–Trinajstić information content (AvgIpc) is 2.43. The number of hydrogen-bond acceptors (Lipinski definition) is 6. The van der Waals surface area contributed by atoms with Crippen LogP contribution in [0.15, 0.2) is 18.2 Å². The third-order valence-electron chi connectivity index (χ3n) is 2.65. The maximum absolute atomic E-state index is 11.5. The first-order valence-electron chi connectivity index (χ1n) is 6.08. The zero-order chi connectivity index (χ0) is 16.0. The molecule has 0 aromatic heterocycles. The standard InChI is InChI=1S/C13H16N2O6/c1-8-4-5-10(15(18)19)6-12(8)21-7-11(13(17)20-3)14-9(2)16/h4-6,11H,7H2,1-3H3,(H,14,16). The second-order valence-corrected chi connectivity index (χ2v) is 4.29. The number of aryl methyl sites for hydroxylation is 1. The van der Waals surface area contributed by atoms with Crippen molar-refractivity contribution in [2.45, 2.75) is 19.9 Å². The van der Waals surface area contributed by atoms with Crippen molar-refractivity contribution in [1.82, 2.24) is 5.32 Å². The van der Waals surface area contributed by atoms with E-state index in [9.17, 15) is 19.7 Å². The molecule has 1 atom stereocenters. The smallest absolute Gasteiger partial charge is 0.331 e. The molecule has 114 valence electrons. The molecular formula is C13H16N2O6. The van der Waals surface area contributed by atoms with E-state index < -0.39 is 22.8 Å². The van der Waals surface area contributed by atoms with Gasteiger partial charge in [0.05, 0.1) is 18.1 Å². The number of hydrogen-bond donors (Lipinski definition) is 1. The summed E-state index contributed by atoms with van der Waals surface area (Å²) in [6, 6.07) is 3.18. The quantitative estimate of drug-likeness (QED) is 0.476. The van der Waals surface area contributed by atoms with Gasteiger partial charge in [-0.3, -0.25) is 14.9 Å². The number of nitro groups is 1.